The minimum Gasteiger partial charge on any atom is -0.457 e. The molecule has 5 heteroatoms. The van der Waals surface area contributed by atoms with E-state index in [2.05, 4.69) is 187 Å². The fraction of sp³-hybridized carbons (Fsp3) is 0.0172. The molecule has 0 radical (unpaired) electrons. The fourth-order valence-electron chi connectivity index (χ4n) is 10.4. The largest absolute Gasteiger partial charge is 0.457 e. The molecule has 0 fully saturated rings. The zero-order valence-corrected chi connectivity index (χ0v) is 34.0. The Morgan fingerprint density at radius 3 is 1.54 bits per heavy atom. The highest BCUT2D eigenvalue weighted by molar-refractivity contribution is 6.16. The first-order valence-electron chi connectivity index (χ1n) is 21.4. The molecule has 11 aromatic rings. The van der Waals surface area contributed by atoms with Gasteiger partial charge in [0.15, 0.2) is 17.5 Å². The van der Waals surface area contributed by atoms with Crippen molar-refractivity contribution >= 4 is 21.8 Å². The normalized spacial score (nSPS) is 13.0. The summed E-state index contributed by atoms with van der Waals surface area (Å²) < 4.78 is 9.18. The predicted octanol–water partition coefficient (Wildman–Crippen LogP) is 14.1. The van der Waals surface area contributed by atoms with Crippen LogP contribution in [0.1, 0.15) is 22.3 Å². The Hall–Kier alpha value is -8.41. The highest BCUT2D eigenvalue weighted by Crippen LogP contribution is 2.63. The van der Waals surface area contributed by atoms with Crippen molar-refractivity contribution in [3.8, 4) is 73.6 Å². The van der Waals surface area contributed by atoms with E-state index in [0.717, 1.165) is 61.6 Å². The van der Waals surface area contributed by atoms with Crippen molar-refractivity contribution in [1.29, 1.82) is 0 Å². The Bertz CT molecular complexity index is 3510. The standard InChI is InChI=1S/C58H36N4O/c1-3-19-37(20-4-1)55-59-56(38-21-5-2-6-22-38)61-57(60-55)43-26-8-7-23-39(43)40-24-10-15-31-49(40)62-50-32-16-11-25-41(50)42-35-36-48-53(54(42)62)44-27-9-12-28-45(44)58(48)46-29-13-17-33-51(46)63-52-34-18-14-30-47(52)58/h1-36H. The van der Waals surface area contributed by atoms with Crippen LogP contribution in [0.15, 0.2) is 218 Å². The lowest BCUT2D eigenvalue weighted by Gasteiger charge is -2.39. The number of hydrogen-bond donors (Lipinski definition) is 0. The zero-order valence-electron chi connectivity index (χ0n) is 34.0. The summed E-state index contributed by atoms with van der Waals surface area (Å²) in [5.41, 5.74) is 14.9. The molecule has 0 unspecified atom stereocenters. The molecule has 0 bridgehead atoms. The third-order valence-electron chi connectivity index (χ3n) is 12.9. The van der Waals surface area contributed by atoms with Crippen molar-refractivity contribution in [2.45, 2.75) is 5.41 Å². The molecule has 0 amide bonds. The molecule has 13 rings (SSSR count). The molecule has 0 saturated carbocycles. The quantitative estimate of drug-likeness (QED) is 0.174. The lowest BCUT2D eigenvalue weighted by atomic mass is 9.66. The average molecular weight is 805 g/mol. The molecule has 3 heterocycles. The molecule has 5 nitrogen and oxygen atoms in total. The van der Waals surface area contributed by atoms with Gasteiger partial charge in [-0.1, -0.05) is 194 Å². The second-order valence-corrected chi connectivity index (χ2v) is 16.2. The van der Waals surface area contributed by atoms with Crippen LogP contribution in [0.4, 0.5) is 0 Å². The van der Waals surface area contributed by atoms with Crippen LogP contribution in [0.5, 0.6) is 11.5 Å². The van der Waals surface area contributed by atoms with Crippen molar-refractivity contribution in [2.24, 2.45) is 0 Å². The van der Waals surface area contributed by atoms with Crippen LogP contribution < -0.4 is 4.74 Å². The van der Waals surface area contributed by atoms with Gasteiger partial charge >= 0.3 is 0 Å². The monoisotopic (exact) mass is 804 g/mol. The van der Waals surface area contributed by atoms with Gasteiger partial charge in [0.2, 0.25) is 0 Å². The first-order chi connectivity index (χ1) is 31.3. The second kappa shape index (κ2) is 13.8. The minimum atomic E-state index is -0.593. The highest BCUT2D eigenvalue weighted by Gasteiger charge is 2.51. The summed E-state index contributed by atoms with van der Waals surface area (Å²) in [6, 6.07) is 77.2. The van der Waals surface area contributed by atoms with Gasteiger partial charge in [0.1, 0.15) is 11.5 Å². The third kappa shape index (κ3) is 5.14. The molecule has 1 aliphatic heterocycles. The van der Waals surface area contributed by atoms with Gasteiger partial charge in [-0.3, -0.25) is 0 Å². The van der Waals surface area contributed by atoms with Crippen molar-refractivity contribution < 1.29 is 4.74 Å². The van der Waals surface area contributed by atoms with E-state index in [1.807, 2.05) is 36.4 Å². The lowest BCUT2D eigenvalue weighted by Crippen LogP contribution is -2.32. The van der Waals surface area contributed by atoms with Gasteiger partial charge < -0.3 is 9.30 Å². The molecule has 0 saturated heterocycles. The fourth-order valence-corrected chi connectivity index (χ4v) is 10.4. The summed E-state index contributed by atoms with van der Waals surface area (Å²) in [6.45, 7) is 0. The molecule has 0 N–H and O–H groups in total. The number of hydrogen-bond acceptors (Lipinski definition) is 4. The number of fused-ring (bicyclic) bond motifs is 13. The van der Waals surface area contributed by atoms with Gasteiger partial charge in [-0.2, -0.15) is 0 Å². The van der Waals surface area contributed by atoms with Crippen molar-refractivity contribution in [2.75, 3.05) is 0 Å². The maximum Gasteiger partial charge on any atom is 0.164 e. The highest BCUT2D eigenvalue weighted by atomic mass is 16.5. The van der Waals surface area contributed by atoms with E-state index in [9.17, 15) is 0 Å². The summed E-state index contributed by atoms with van der Waals surface area (Å²) in [5.74, 6) is 3.63. The molecular formula is C58H36N4O. The molecular weight excluding hydrogens is 769 g/mol. The molecule has 1 spiro atoms. The average Bonchev–Trinajstić information content (AvgIpc) is 3.85. The van der Waals surface area contributed by atoms with Gasteiger partial charge in [-0.15, -0.1) is 0 Å². The third-order valence-corrected chi connectivity index (χ3v) is 12.9. The Balaban J connectivity index is 1.10. The first kappa shape index (κ1) is 35.4. The SMILES string of the molecule is c1ccc(-c2nc(-c3ccccc3)nc(-c3ccccc3-c3ccccc3-n3c4ccccc4c4ccc5c(c43)-c3ccccc3C53c4ccccc4Oc4ccccc43)n2)cc1. The topological polar surface area (TPSA) is 52.8 Å². The smallest absolute Gasteiger partial charge is 0.164 e. The number of benzene rings is 9. The van der Waals surface area contributed by atoms with Gasteiger partial charge in [0, 0.05) is 49.7 Å². The van der Waals surface area contributed by atoms with E-state index in [1.165, 1.54) is 38.5 Å². The van der Waals surface area contributed by atoms with Crippen LogP contribution in [-0.2, 0) is 5.41 Å². The number of nitrogens with zero attached hydrogens (tertiary/aromatic N) is 4. The maximum absolute atomic E-state index is 6.68. The molecule has 9 aromatic carbocycles. The molecule has 1 aliphatic carbocycles. The van der Waals surface area contributed by atoms with Crippen molar-refractivity contribution in [1.82, 2.24) is 19.5 Å². The van der Waals surface area contributed by atoms with Crippen LogP contribution in [0, 0.1) is 0 Å². The van der Waals surface area contributed by atoms with Crippen molar-refractivity contribution in [3.63, 3.8) is 0 Å². The van der Waals surface area contributed by atoms with Crippen LogP contribution in [0.25, 0.3) is 83.9 Å². The van der Waals surface area contributed by atoms with Gasteiger partial charge in [-0.25, -0.2) is 15.0 Å². The zero-order chi connectivity index (χ0) is 41.5. The van der Waals surface area contributed by atoms with Gasteiger partial charge in [0.05, 0.1) is 22.1 Å². The van der Waals surface area contributed by atoms with E-state index in [0.29, 0.717) is 17.5 Å². The maximum atomic E-state index is 6.68. The van der Waals surface area contributed by atoms with E-state index < -0.39 is 5.41 Å². The Kier molecular flexibility index (Phi) is 7.75. The van der Waals surface area contributed by atoms with E-state index >= 15 is 0 Å². The number of ether oxygens (including phenoxy) is 1. The predicted molar refractivity (Wildman–Crippen MR) is 253 cm³/mol. The first-order valence-corrected chi connectivity index (χ1v) is 21.4. The second-order valence-electron chi connectivity index (χ2n) is 16.2. The van der Waals surface area contributed by atoms with Crippen LogP contribution in [0.2, 0.25) is 0 Å². The Labute approximate surface area is 364 Å². The van der Waals surface area contributed by atoms with E-state index in [-0.39, 0.29) is 0 Å². The van der Waals surface area contributed by atoms with Crippen molar-refractivity contribution in [3.05, 3.63) is 241 Å². The van der Waals surface area contributed by atoms with E-state index in [4.69, 9.17) is 19.7 Å². The summed E-state index contributed by atoms with van der Waals surface area (Å²) in [4.78, 5) is 15.4. The van der Waals surface area contributed by atoms with Crippen LogP contribution in [0.3, 0.4) is 0 Å². The molecule has 63 heavy (non-hydrogen) atoms. The van der Waals surface area contributed by atoms with Crippen LogP contribution in [-0.4, -0.2) is 19.5 Å². The summed E-state index contributed by atoms with van der Waals surface area (Å²) in [6.07, 6.45) is 0. The van der Waals surface area contributed by atoms with E-state index in [1.54, 1.807) is 0 Å². The Morgan fingerprint density at radius 2 is 0.857 bits per heavy atom. The number of para-hydroxylation sites is 4. The number of rotatable bonds is 5. The minimum absolute atomic E-state index is 0.593. The number of aromatic nitrogens is 4. The molecule has 0 atom stereocenters. The molecule has 2 aliphatic rings. The van der Waals surface area contributed by atoms with Gasteiger partial charge in [-0.05, 0) is 46.5 Å². The summed E-state index contributed by atoms with van der Waals surface area (Å²) in [5, 5.41) is 2.40. The summed E-state index contributed by atoms with van der Waals surface area (Å²) in [7, 11) is 0. The molecule has 294 valence electrons. The molecule has 2 aromatic heterocycles. The van der Waals surface area contributed by atoms with Gasteiger partial charge in [0.25, 0.3) is 0 Å². The Morgan fingerprint density at radius 1 is 0.349 bits per heavy atom. The summed E-state index contributed by atoms with van der Waals surface area (Å²) >= 11 is 0. The van der Waals surface area contributed by atoms with Crippen LogP contribution >= 0.6 is 0 Å². The lowest BCUT2D eigenvalue weighted by molar-refractivity contribution is 0.436.